The molecule has 0 unspecified atom stereocenters. The van der Waals surface area contributed by atoms with Gasteiger partial charge in [-0.2, -0.15) is 0 Å². The maximum absolute atomic E-state index is 13.6. The van der Waals surface area contributed by atoms with Crippen molar-refractivity contribution in [2.45, 2.75) is 31.4 Å². The normalized spacial score (nSPS) is 21.1. The second kappa shape index (κ2) is 10.2. The molecule has 10 heteroatoms. The molecule has 6 rings (SSSR count). The first-order chi connectivity index (χ1) is 18.0. The molecule has 0 radical (unpaired) electrons. The summed E-state index contributed by atoms with van der Waals surface area (Å²) in [4.78, 5) is 23.9. The fourth-order valence-electron chi connectivity index (χ4n) is 4.78. The fourth-order valence-corrected chi connectivity index (χ4v) is 4.96. The van der Waals surface area contributed by atoms with Crippen LogP contribution in [0.25, 0.3) is 10.9 Å². The minimum atomic E-state index is -0.499. The Bertz CT molecular complexity index is 1370. The molecule has 1 amide bonds. The van der Waals surface area contributed by atoms with E-state index in [1.165, 1.54) is 18.5 Å². The fraction of sp³-hybridized carbons (Fsp3) is 0.370. The minimum Gasteiger partial charge on any atom is -0.491 e. The van der Waals surface area contributed by atoms with Crippen molar-refractivity contribution in [1.29, 1.82) is 0 Å². The number of hydrogen-bond donors (Lipinski definition) is 2. The predicted octanol–water partition coefficient (Wildman–Crippen LogP) is 4.92. The molecule has 2 saturated heterocycles. The lowest BCUT2D eigenvalue weighted by atomic mass is 10.1. The number of carbonyl (C=O) groups excluding carboxylic acids is 1. The van der Waals surface area contributed by atoms with Crippen LogP contribution in [0.5, 0.6) is 5.75 Å². The van der Waals surface area contributed by atoms with E-state index in [1.807, 2.05) is 12.1 Å². The number of morpholine rings is 1. The first-order valence-electron chi connectivity index (χ1n) is 12.5. The molecule has 2 aromatic carbocycles. The summed E-state index contributed by atoms with van der Waals surface area (Å²) in [5, 5.41) is 6.82. The van der Waals surface area contributed by atoms with Crippen molar-refractivity contribution in [2.75, 3.05) is 36.9 Å². The first-order valence-corrected chi connectivity index (χ1v) is 12.9. The van der Waals surface area contributed by atoms with E-state index in [0.717, 1.165) is 32.4 Å². The summed E-state index contributed by atoms with van der Waals surface area (Å²) >= 11 is 5.94. The van der Waals surface area contributed by atoms with Crippen LogP contribution in [-0.2, 0) is 9.53 Å². The number of halogens is 2. The van der Waals surface area contributed by atoms with Crippen LogP contribution >= 0.6 is 11.6 Å². The average molecular weight is 524 g/mol. The molecule has 3 fully saturated rings. The minimum absolute atomic E-state index is 0.00755. The standard InChI is InChI=1S/C27H27ClFN5O3/c28-21-8-17(5-6-22(21)29)32-27-20-10-24(25(37-13-16-3-4-16)11-23(20)30-15-31-27)33-26(35)2-1-7-34-12-19-9-18(34)14-36-19/h1-2,5-6,8,10-11,15-16,18-19H,3-4,7,9,12-14H2,(H,33,35)(H,30,31,32)/t18-,19-/m0/s1. The van der Waals surface area contributed by atoms with E-state index in [4.69, 9.17) is 21.1 Å². The summed E-state index contributed by atoms with van der Waals surface area (Å²) in [5.74, 6) is 0.863. The molecule has 3 aliphatic rings. The van der Waals surface area contributed by atoms with Crippen LogP contribution < -0.4 is 15.4 Å². The van der Waals surface area contributed by atoms with Crippen molar-refractivity contribution in [3.8, 4) is 5.75 Å². The van der Waals surface area contributed by atoms with Crippen molar-refractivity contribution < 1.29 is 18.7 Å². The highest BCUT2D eigenvalue weighted by atomic mass is 35.5. The Morgan fingerprint density at radius 1 is 1.27 bits per heavy atom. The molecule has 37 heavy (non-hydrogen) atoms. The zero-order chi connectivity index (χ0) is 25.4. The number of ether oxygens (including phenoxy) is 2. The maximum atomic E-state index is 13.6. The molecule has 1 aromatic heterocycles. The number of nitrogens with one attached hydrogen (secondary N) is 2. The zero-order valence-electron chi connectivity index (χ0n) is 20.1. The third-order valence-corrected chi connectivity index (χ3v) is 7.26. The van der Waals surface area contributed by atoms with Crippen molar-refractivity contribution in [3.05, 3.63) is 59.7 Å². The molecule has 1 aliphatic carbocycles. The van der Waals surface area contributed by atoms with E-state index >= 15 is 0 Å². The molecule has 0 spiro atoms. The number of rotatable bonds is 9. The molecule has 2 N–H and O–H groups in total. The van der Waals surface area contributed by atoms with E-state index in [9.17, 15) is 9.18 Å². The van der Waals surface area contributed by atoms with Gasteiger partial charge in [-0.15, -0.1) is 0 Å². The van der Waals surface area contributed by atoms with Crippen LogP contribution in [0.4, 0.5) is 21.6 Å². The van der Waals surface area contributed by atoms with Gasteiger partial charge in [-0.25, -0.2) is 14.4 Å². The molecule has 3 aromatic rings. The Hall–Kier alpha value is -3.27. The second-order valence-electron chi connectivity index (χ2n) is 9.79. The Morgan fingerprint density at radius 3 is 2.92 bits per heavy atom. The van der Waals surface area contributed by atoms with Crippen LogP contribution in [0.3, 0.4) is 0 Å². The van der Waals surface area contributed by atoms with E-state index in [-0.39, 0.29) is 10.9 Å². The number of nitrogens with zero attached hydrogens (tertiary/aromatic N) is 3. The topological polar surface area (TPSA) is 88.6 Å². The molecule has 3 heterocycles. The number of hydrogen-bond acceptors (Lipinski definition) is 7. The summed E-state index contributed by atoms with van der Waals surface area (Å²) in [7, 11) is 0. The SMILES string of the molecule is O=C(C=CCN1C[C@@H]2C[C@H]1CO2)Nc1cc2c(Nc3ccc(F)c(Cl)c3)ncnc2cc1OCC1CC1. The lowest BCUT2D eigenvalue weighted by Gasteiger charge is -2.25. The number of carbonyl (C=O) groups is 1. The largest absolute Gasteiger partial charge is 0.491 e. The highest BCUT2D eigenvalue weighted by Gasteiger charge is 2.38. The van der Waals surface area contributed by atoms with E-state index in [2.05, 4.69) is 25.5 Å². The van der Waals surface area contributed by atoms with Gasteiger partial charge in [0, 0.05) is 42.3 Å². The number of fused-ring (bicyclic) bond motifs is 3. The van der Waals surface area contributed by atoms with Gasteiger partial charge in [0.05, 0.1) is 35.5 Å². The Kier molecular flexibility index (Phi) is 6.67. The Morgan fingerprint density at radius 2 is 2.16 bits per heavy atom. The summed E-state index contributed by atoms with van der Waals surface area (Å²) in [6, 6.07) is 8.41. The Labute approximate surface area is 218 Å². The lowest BCUT2D eigenvalue weighted by molar-refractivity contribution is -0.111. The van der Waals surface area contributed by atoms with Gasteiger partial charge in [-0.05, 0) is 49.4 Å². The second-order valence-corrected chi connectivity index (χ2v) is 10.2. The van der Waals surface area contributed by atoms with Crippen LogP contribution in [0, 0.1) is 11.7 Å². The lowest BCUT2D eigenvalue weighted by Crippen LogP contribution is -2.36. The van der Waals surface area contributed by atoms with Gasteiger partial charge in [-0.1, -0.05) is 17.7 Å². The molecule has 2 atom stereocenters. The molecule has 192 valence electrons. The molecule has 1 saturated carbocycles. The third-order valence-electron chi connectivity index (χ3n) is 6.97. The van der Waals surface area contributed by atoms with Crippen LogP contribution in [-0.4, -0.2) is 59.2 Å². The van der Waals surface area contributed by atoms with E-state index < -0.39 is 5.82 Å². The zero-order valence-corrected chi connectivity index (χ0v) is 20.9. The van der Waals surface area contributed by atoms with E-state index in [0.29, 0.717) is 65.1 Å². The summed E-state index contributed by atoms with van der Waals surface area (Å²) in [6.07, 6.45) is 8.58. The molecular formula is C27H27ClFN5O3. The predicted molar refractivity (Wildman–Crippen MR) is 140 cm³/mol. The molecule has 8 nitrogen and oxygen atoms in total. The van der Waals surface area contributed by atoms with Gasteiger partial charge in [0.25, 0.3) is 0 Å². The molecular weight excluding hydrogens is 497 g/mol. The maximum Gasteiger partial charge on any atom is 0.248 e. The summed E-state index contributed by atoms with van der Waals surface area (Å²) in [6.45, 7) is 2.98. The molecule has 2 aliphatic heterocycles. The highest BCUT2D eigenvalue weighted by molar-refractivity contribution is 6.31. The van der Waals surface area contributed by atoms with Crippen LogP contribution in [0.1, 0.15) is 19.3 Å². The van der Waals surface area contributed by atoms with E-state index in [1.54, 1.807) is 18.2 Å². The quantitative estimate of drug-likeness (QED) is 0.385. The van der Waals surface area contributed by atoms with Gasteiger partial charge in [-0.3, -0.25) is 9.69 Å². The smallest absolute Gasteiger partial charge is 0.248 e. The summed E-state index contributed by atoms with van der Waals surface area (Å²) in [5.41, 5.74) is 1.76. The van der Waals surface area contributed by atoms with Gasteiger partial charge in [0.1, 0.15) is 23.7 Å². The number of benzene rings is 2. The van der Waals surface area contributed by atoms with Crippen molar-refractivity contribution in [2.24, 2.45) is 5.92 Å². The number of likely N-dealkylation sites (tertiary alicyclic amines) is 1. The molecule has 2 bridgehead atoms. The van der Waals surface area contributed by atoms with Crippen molar-refractivity contribution >= 4 is 45.6 Å². The Balaban J connectivity index is 1.23. The van der Waals surface area contributed by atoms with Crippen molar-refractivity contribution in [1.82, 2.24) is 14.9 Å². The van der Waals surface area contributed by atoms with Crippen molar-refractivity contribution in [3.63, 3.8) is 0 Å². The number of aromatic nitrogens is 2. The van der Waals surface area contributed by atoms with Gasteiger partial charge in [0.15, 0.2) is 0 Å². The van der Waals surface area contributed by atoms with Gasteiger partial charge in [0.2, 0.25) is 5.91 Å². The summed E-state index contributed by atoms with van der Waals surface area (Å²) < 4.78 is 25.3. The van der Waals surface area contributed by atoms with Crippen LogP contribution in [0.15, 0.2) is 48.8 Å². The van der Waals surface area contributed by atoms with Gasteiger partial charge < -0.3 is 20.1 Å². The third kappa shape index (κ3) is 5.53. The number of amides is 1. The monoisotopic (exact) mass is 523 g/mol. The van der Waals surface area contributed by atoms with Gasteiger partial charge >= 0.3 is 0 Å². The first kappa shape index (κ1) is 24.1. The highest BCUT2D eigenvalue weighted by Crippen LogP contribution is 2.36. The number of anilines is 3. The average Bonchev–Trinajstić information content (AvgIpc) is 3.48. The van der Waals surface area contributed by atoms with Crippen LogP contribution in [0.2, 0.25) is 5.02 Å².